The van der Waals surface area contributed by atoms with Gasteiger partial charge in [0.1, 0.15) is 19.0 Å². The number of Topliss-reactive ketones (excluding diaryl/α,β-unsaturated/α-hetero) is 1. The average molecular weight is 433 g/mol. The molecule has 3 saturated carbocycles. The maximum absolute atomic E-state index is 13.8. The monoisotopic (exact) mass is 432 g/mol. The Labute approximate surface area is 179 Å². The van der Waals surface area contributed by atoms with Gasteiger partial charge in [-0.2, -0.15) is 0 Å². The lowest BCUT2D eigenvalue weighted by atomic mass is 9.45. The Hall–Kier alpha value is -0.630. The van der Waals surface area contributed by atoms with Crippen molar-refractivity contribution in [3.8, 4) is 0 Å². The maximum atomic E-state index is 13.8. The van der Waals surface area contributed by atoms with Crippen molar-refractivity contribution in [1.29, 1.82) is 0 Å². The van der Waals surface area contributed by atoms with Crippen molar-refractivity contribution in [3.63, 3.8) is 0 Å². The molecule has 3 aliphatic carbocycles. The standard InChI is InChI=1S/C23H38F2O5/c1-14-7-9-23-10-8-16(28-6)19(23)22(14,4)17(29-13-27-5)11-21(3,20(26)15(23)2)30-12-18(24)25/h14-19H,7-13H2,1-6H3/t14-,15+,16-,17-,19?,21-,22+,23?/m1/s1. The van der Waals surface area contributed by atoms with E-state index in [0.29, 0.717) is 5.92 Å². The molecule has 2 bridgehead atoms. The molecule has 3 aliphatic rings. The molecule has 0 aromatic rings. The third-order valence-corrected chi connectivity index (χ3v) is 8.92. The van der Waals surface area contributed by atoms with E-state index < -0.39 is 18.6 Å². The lowest BCUT2D eigenvalue weighted by Crippen LogP contribution is -2.64. The Morgan fingerprint density at radius 2 is 1.80 bits per heavy atom. The van der Waals surface area contributed by atoms with Crippen molar-refractivity contribution in [2.75, 3.05) is 27.6 Å². The van der Waals surface area contributed by atoms with Crippen LogP contribution in [0.15, 0.2) is 0 Å². The minimum Gasteiger partial charge on any atom is -0.381 e. The first-order valence-electron chi connectivity index (χ1n) is 11.2. The van der Waals surface area contributed by atoms with Gasteiger partial charge in [0.25, 0.3) is 6.43 Å². The van der Waals surface area contributed by atoms with E-state index in [1.165, 1.54) is 0 Å². The van der Waals surface area contributed by atoms with E-state index in [2.05, 4.69) is 13.8 Å². The van der Waals surface area contributed by atoms with Gasteiger partial charge in [0.15, 0.2) is 5.78 Å². The van der Waals surface area contributed by atoms with Crippen LogP contribution in [0.4, 0.5) is 8.78 Å². The smallest absolute Gasteiger partial charge is 0.261 e. The van der Waals surface area contributed by atoms with Gasteiger partial charge < -0.3 is 18.9 Å². The SMILES string of the molecule is COCO[C@@H]1C[C@@](C)(OCC(F)F)C(=O)[C@H](C)C23CC[C@@H](C)[C@]1(C)C2[C@H](OC)CC3. The molecule has 7 heteroatoms. The second kappa shape index (κ2) is 8.72. The van der Waals surface area contributed by atoms with Gasteiger partial charge in [0.05, 0.1) is 12.2 Å². The molecule has 0 saturated heterocycles. The van der Waals surface area contributed by atoms with Crippen LogP contribution in [0.25, 0.3) is 0 Å². The number of carbonyl (C=O) groups excluding carboxylic acids is 1. The van der Waals surface area contributed by atoms with Crippen LogP contribution in [-0.2, 0) is 23.7 Å². The third-order valence-electron chi connectivity index (χ3n) is 8.92. The molecule has 0 spiro atoms. The lowest BCUT2D eigenvalue weighted by Gasteiger charge is -2.62. The Bertz CT molecular complexity index is 631. The Balaban J connectivity index is 2.13. The van der Waals surface area contributed by atoms with Crippen LogP contribution in [0, 0.1) is 28.6 Å². The van der Waals surface area contributed by atoms with Gasteiger partial charge in [-0.1, -0.05) is 20.8 Å². The molecule has 2 unspecified atom stereocenters. The molecular formula is C23H38F2O5. The zero-order valence-electron chi connectivity index (χ0n) is 19.2. The molecule has 0 aliphatic heterocycles. The van der Waals surface area contributed by atoms with Gasteiger partial charge in [-0.25, -0.2) is 8.78 Å². The summed E-state index contributed by atoms with van der Waals surface area (Å²) in [6, 6.07) is 0. The molecule has 3 fully saturated rings. The van der Waals surface area contributed by atoms with E-state index in [-0.39, 0.29) is 53.9 Å². The number of carbonyl (C=O) groups is 1. The highest BCUT2D eigenvalue weighted by molar-refractivity contribution is 5.90. The predicted molar refractivity (Wildman–Crippen MR) is 108 cm³/mol. The van der Waals surface area contributed by atoms with E-state index in [4.69, 9.17) is 18.9 Å². The van der Waals surface area contributed by atoms with Gasteiger partial charge in [-0.3, -0.25) is 4.79 Å². The number of ketones is 1. The van der Waals surface area contributed by atoms with E-state index in [1.54, 1.807) is 21.1 Å². The molecule has 0 aromatic carbocycles. The molecule has 0 heterocycles. The van der Waals surface area contributed by atoms with Crippen LogP contribution in [0.5, 0.6) is 0 Å². The summed E-state index contributed by atoms with van der Waals surface area (Å²) in [5, 5.41) is 0. The summed E-state index contributed by atoms with van der Waals surface area (Å²) < 4.78 is 49.1. The largest absolute Gasteiger partial charge is 0.381 e. The molecule has 0 radical (unpaired) electrons. The van der Waals surface area contributed by atoms with Crippen molar-refractivity contribution >= 4 is 5.78 Å². The normalized spacial score (nSPS) is 46.6. The lowest BCUT2D eigenvalue weighted by molar-refractivity contribution is -0.232. The molecule has 0 amide bonds. The Kier molecular flexibility index (Phi) is 6.98. The summed E-state index contributed by atoms with van der Waals surface area (Å²) in [4.78, 5) is 13.8. The highest BCUT2D eigenvalue weighted by Crippen LogP contribution is 2.68. The summed E-state index contributed by atoms with van der Waals surface area (Å²) in [7, 11) is 3.31. The van der Waals surface area contributed by atoms with Gasteiger partial charge in [0.2, 0.25) is 0 Å². The van der Waals surface area contributed by atoms with E-state index in [1.807, 2.05) is 6.92 Å². The van der Waals surface area contributed by atoms with Gasteiger partial charge in [-0.05, 0) is 49.9 Å². The summed E-state index contributed by atoms with van der Waals surface area (Å²) >= 11 is 0. The minimum atomic E-state index is -2.63. The number of hydrogen-bond donors (Lipinski definition) is 0. The molecule has 0 N–H and O–H groups in total. The topological polar surface area (TPSA) is 54.0 Å². The van der Waals surface area contributed by atoms with Crippen LogP contribution >= 0.6 is 0 Å². The van der Waals surface area contributed by atoms with E-state index >= 15 is 0 Å². The zero-order chi connectivity index (χ0) is 22.3. The molecule has 3 rings (SSSR count). The van der Waals surface area contributed by atoms with Crippen molar-refractivity contribution < 1.29 is 32.5 Å². The number of ether oxygens (including phenoxy) is 4. The molecule has 8 atom stereocenters. The number of alkyl halides is 2. The summed E-state index contributed by atoms with van der Waals surface area (Å²) in [6.07, 6.45) is 1.01. The molecular weight excluding hydrogens is 394 g/mol. The predicted octanol–water partition coefficient (Wildman–Crippen LogP) is 4.47. The second-order valence-corrected chi connectivity index (χ2v) is 10.1. The Morgan fingerprint density at radius 3 is 2.40 bits per heavy atom. The number of halogens is 2. The first-order chi connectivity index (χ1) is 14.1. The Morgan fingerprint density at radius 1 is 1.13 bits per heavy atom. The molecule has 5 nitrogen and oxygen atoms in total. The molecule has 174 valence electrons. The van der Waals surface area contributed by atoms with Crippen molar-refractivity contribution in [3.05, 3.63) is 0 Å². The van der Waals surface area contributed by atoms with Crippen LogP contribution in [0.2, 0.25) is 0 Å². The number of rotatable bonds is 7. The third kappa shape index (κ3) is 3.63. The van der Waals surface area contributed by atoms with Gasteiger partial charge >= 0.3 is 0 Å². The maximum Gasteiger partial charge on any atom is 0.261 e. The summed E-state index contributed by atoms with van der Waals surface area (Å²) in [5.41, 5.74) is -1.85. The van der Waals surface area contributed by atoms with Crippen molar-refractivity contribution in [2.45, 2.75) is 84.0 Å². The second-order valence-electron chi connectivity index (χ2n) is 10.1. The first-order valence-corrected chi connectivity index (χ1v) is 11.2. The minimum absolute atomic E-state index is 0.0491. The van der Waals surface area contributed by atoms with E-state index in [0.717, 1.165) is 25.7 Å². The van der Waals surface area contributed by atoms with Crippen LogP contribution in [-0.4, -0.2) is 57.6 Å². The molecule has 30 heavy (non-hydrogen) atoms. The van der Waals surface area contributed by atoms with Crippen LogP contribution < -0.4 is 0 Å². The van der Waals surface area contributed by atoms with Crippen molar-refractivity contribution in [1.82, 2.24) is 0 Å². The fraction of sp³-hybridized carbons (Fsp3) is 0.957. The van der Waals surface area contributed by atoms with Gasteiger partial charge in [-0.15, -0.1) is 0 Å². The zero-order valence-corrected chi connectivity index (χ0v) is 19.2. The van der Waals surface area contributed by atoms with Crippen LogP contribution in [0.1, 0.15) is 59.8 Å². The average Bonchev–Trinajstić information content (AvgIpc) is 3.11. The first kappa shape index (κ1) is 24.0. The highest BCUT2D eigenvalue weighted by atomic mass is 19.3. The van der Waals surface area contributed by atoms with E-state index in [9.17, 15) is 13.6 Å². The number of hydrogen-bond acceptors (Lipinski definition) is 5. The quantitative estimate of drug-likeness (QED) is 0.556. The molecule has 0 aromatic heterocycles. The summed E-state index contributed by atoms with van der Waals surface area (Å²) in [6.45, 7) is 7.45. The van der Waals surface area contributed by atoms with Gasteiger partial charge in [0, 0.05) is 32.0 Å². The highest BCUT2D eigenvalue weighted by Gasteiger charge is 2.68. The fourth-order valence-electron chi connectivity index (χ4n) is 7.14. The van der Waals surface area contributed by atoms with Crippen LogP contribution in [0.3, 0.4) is 0 Å². The summed E-state index contributed by atoms with van der Waals surface area (Å²) in [5.74, 6) is 0.0974. The van der Waals surface area contributed by atoms with Crippen molar-refractivity contribution in [2.24, 2.45) is 28.6 Å². The number of methoxy groups -OCH3 is 2. The fourth-order valence-corrected chi connectivity index (χ4v) is 7.14.